The summed E-state index contributed by atoms with van der Waals surface area (Å²) in [6.45, 7) is 1.91. The highest BCUT2D eigenvalue weighted by molar-refractivity contribution is 5.13. The SMILES string of the molecule is Cc1ccc(C2(O)CCCCC2)o1. The quantitative estimate of drug-likeness (QED) is 0.720. The molecule has 0 atom stereocenters. The summed E-state index contributed by atoms with van der Waals surface area (Å²) in [6, 6.07) is 3.82. The average Bonchev–Trinajstić information content (AvgIpc) is 2.54. The van der Waals surface area contributed by atoms with E-state index in [4.69, 9.17) is 4.42 Å². The zero-order valence-corrected chi connectivity index (χ0v) is 8.05. The number of rotatable bonds is 1. The summed E-state index contributed by atoms with van der Waals surface area (Å²) < 4.78 is 5.48. The lowest BCUT2D eigenvalue weighted by molar-refractivity contribution is -0.0204. The van der Waals surface area contributed by atoms with Crippen molar-refractivity contribution in [2.75, 3.05) is 0 Å². The standard InChI is InChI=1S/C11H16O2/c1-9-5-6-10(13-9)11(12)7-3-2-4-8-11/h5-6,12H,2-4,7-8H2,1H3. The first-order valence-corrected chi connectivity index (χ1v) is 5.00. The maximum Gasteiger partial charge on any atom is 0.135 e. The largest absolute Gasteiger partial charge is 0.463 e. The van der Waals surface area contributed by atoms with Gasteiger partial charge in [0.05, 0.1) is 0 Å². The van der Waals surface area contributed by atoms with Crippen molar-refractivity contribution in [3.05, 3.63) is 23.7 Å². The van der Waals surface area contributed by atoms with Crippen molar-refractivity contribution in [1.82, 2.24) is 0 Å². The van der Waals surface area contributed by atoms with Gasteiger partial charge >= 0.3 is 0 Å². The van der Waals surface area contributed by atoms with Crippen LogP contribution in [0.15, 0.2) is 16.5 Å². The van der Waals surface area contributed by atoms with E-state index in [2.05, 4.69) is 0 Å². The van der Waals surface area contributed by atoms with Gasteiger partial charge in [0, 0.05) is 0 Å². The molecule has 0 bridgehead atoms. The van der Waals surface area contributed by atoms with Crippen LogP contribution in [0.4, 0.5) is 0 Å². The highest BCUT2D eigenvalue weighted by Crippen LogP contribution is 2.37. The van der Waals surface area contributed by atoms with Crippen LogP contribution in [0.5, 0.6) is 0 Å². The number of hydrogen-bond acceptors (Lipinski definition) is 2. The van der Waals surface area contributed by atoms with Gasteiger partial charge in [-0.2, -0.15) is 0 Å². The molecular formula is C11H16O2. The van der Waals surface area contributed by atoms with E-state index < -0.39 is 5.60 Å². The van der Waals surface area contributed by atoms with Gasteiger partial charge in [-0.3, -0.25) is 0 Å². The number of furan rings is 1. The van der Waals surface area contributed by atoms with E-state index in [1.54, 1.807) is 0 Å². The smallest absolute Gasteiger partial charge is 0.135 e. The molecule has 1 N–H and O–H groups in total. The molecule has 1 fully saturated rings. The Kier molecular flexibility index (Phi) is 2.16. The Morgan fingerprint density at radius 2 is 1.92 bits per heavy atom. The third-order valence-electron chi connectivity index (χ3n) is 2.88. The van der Waals surface area contributed by atoms with Crippen molar-refractivity contribution in [2.24, 2.45) is 0 Å². The third kappa shape index (κ3) is 1.63. The van der Waals surface area contributed by atoms with Gasteiger partial charge in [-0.05, 0) is 31.9 Å². The van der Waals surface area contributed by atoms with E-state index in [9.17, 15) is 5.11 Å². The minimum atomic E-state index is -0.674. The summed E-state index contributed by atoms with van der Waals surface area (Å²) in [5.74, 6) is 1.64. The molecule has 2 nitrogen and oxygen atoms in total. The summed E-state index contributed by atoms with van der Waals surface area (Å²) in [6.07, 6.45) is 5.15. The first kappa shape index (κ1) is 8.82. The van der Waals surface area contributed by atoms with Gasteiger partial charge < -0.3 is 9.52 Å². The van der Waals surface area contributed by atoms with Crippen LogP contribution < -0.4 is 0 Å². The lowest BCUT2D eigenvalue weighted by Crippen LogP contribution is -2.27. The van der Waals surface area contributed by atoms with Crippen LogP contribution in [0.2, 0.25) is 0 Å². The van der Waals surface area contributed by atoms with Crippen LogP contribution in [-0.4, -0.2) is 5.11 Å². The molecule has 0 amide bonds. The van der Waals surface area contributed by atoms with Crippen molar-refractivity contribution in [3.8, 4) is 0 Å². The monoisotopic (exact) mass is 180 g/mol. The van der Waals surface area contributed by atoms with E-state index >= 15 is 0 Å². The molecule has 0 unspecified atom stereocenters. The molecule has 1 aromatic heterocycles. The van der Waals surface area contributed by atoms with Crippen molar-refractivity contribution in [3.63, 3.8) is 0 Å². The second-order valence-corrected chi connectivity index (χ2v) is 4.00. The van der Waals surface area contributed by atoms with Crippen LogP contribution >= 0.6 is 0 Å². The van der Waals surface area contributed by atoms with E-state index in [0.29, 0.717) is 0 Å². The Balaban J connectivity index is 2.22. The number of aryl methyl sites for hydroxylation is 1. The Morgan fingerprint density at radius 1 is 1.23 bits per heavy atom. The van der Waals surface area contributed by atoms with Crippen LogP contribution in [0.25, 0.3) is 0 Å². The number of hydrogen-bond donors (Lipinski definition) is 1. The zero-order chi connectivity index (χ0) is 9.31. The predicted octanol–water partition coefficient (Wildman–Crippen LogP) is 2.74. The third-order valence-corrected chi connectivity index (χ3v) is 2.88. The first-order chi connectivity index (χ1) is 6.21. The molecule has 1 aliphatic carbocycles. The lowest BCUT2D eigenvalue weighted by Gasteiger charge is -2.29. The highest BCUT2D eigenvalue weighted by Gasteiger charge is 2.33. The number of aliphatic hydroxyl groups is 1. The highest BCUT2D eigenvalue weighted by atomic mass is 16.4. The predicted molar refractivity (Wildman–Crippen MR) is 50.4 cm³/mol. The van der Waals surface area contributed by atoms with Gasteiger partial charge in [-0.1, -0.05) is 19.3 Å². The first-order valence-electron chi connectivity index (χ1n) is 5.00. The Bertz CT molecular complexity index is 282. The van der Waals surface area contributed by atoms with Crippen molar-refractivity contribution in [2.45, 2.75) is 44.6 Å². The maximum absolute atomic E-state index is 10.3. The zero-order valence-electron chi connectivity index (χ0n) is 8.05. The van der Waals surface area contributed by atoms with E-state index in [-0.39, 0.29) is 0 Å². The van der Waals surface area contributed by atoms with Gasteiger partial charge in [0.15, 0.2) is 0 Å². The second-order valence-electron chi connectivity index (χ2n) is 4.00. The van der Waals surface area contributed by atoms with E-state index in [1.165, 1.54) is 6.42 Å². The molecule has 2 heteroatoms. The van der Waals surface area contributed by atoms with Gasteiger partial charge in [-0.25, -0.2) is 0 Å². The van der Waals surface area contributed by atoms with Crippen LogP contribution in [0, 0.1) is 6.92 Å². The lowest BCUT2D eigenvalue weighted by atomic mass is 9.83. The fourth-order valence-corrected chi connectivity index (χ4v) is 2.07. The second kappa shape index (κ2) is 3.18. The molecule has 1 aromatic rings. The molecule has 0 radical (unpaired) electrons. The molecule has 2 rings (SSSR count). The molecule has 1 heterocycles. The molecular weight excluding hydrogens is 164 g/mol. The molecule has 1 saturated carbocycles. The normalized spacial score (nSPS) is 21.7. The summed E-state index contributed by atoms with van der Waals surface area (Å²) in [5.41, 5.74) is -0.674. The van der Waals surface area contributed by atoms with E-state index in [1.807, 2.05) is 19.1 Å². The molecule has 72 valence electrons. The fraction of sp³-hybridized carbons (Fsp3) is 0.636. The minimum Gasteiger partial charge on any atom is -0.463 e. The van der Waals surface area contributed by atoms with E-state index in [0.717, 1.165) is 37.2 Å². The molecule has 13 heavy (non-hydrogen) atoms. The van der Waals surface area contributed by atoms with Crippen molar-refractivity contribution < 1.29 is 9.52 Å². The summed E-state index contributed by atoms with van der Waals surface area (Å²) in [4.78, 5) is 0. The van der Waals surface area contributed by atoms with Crippen LogP contribution in [-0.2, 0) is 5.60 Å². The average molecular weight is 180 g/mol. The van der Waals surface area contributed by atoms with Crippen LogP contribution in [0.3, 0.4) is 0 Å². The molecule has 0 aromatic carbocycles. The molecule has 0 spiro atoms. The topological polar surface area (TPSA) is 33.4 Å². The van der Waals surface area contributed by atoms with Gasteiger partial charge in [-0.15, -0.1) is 0 Å². The molecule has 0 aliphatic heterocycles. The Labute approximate surface area is 78.6 Å². The Hall–Kier alpha value is -0.760. The summed E-state index contributed by atoms with van der Waals surface area (Å²) in [5, 5.41) is 10.3. The van der Waals surface area contributed by atoms with Gasteiger partial charge in [0.25, 0.3) is 0 Å². The minimum absolute atomic E-state index is 0.674. The van der Waals surface area contributed by atoms with Gasteiger partial charge in [0.2, 0.25) is 0 Å². The van der Waals surface area contributed by atoms with Crippen molar-refractivity contribution >= 4 is 0 Å². The summed E-state index contributed by atoms with van der Waals surface area (Å²) >= 11 is 0. The molecule has 0 saturated heterocycles. The molecule has 1 aliphatic rings. The summed E-state index contributed by atoms with van der Waals surface area (Å²) in [7, 11) is 0. The van der Waals surface area contributed by atoms with Gasteiger partial charge in [0.1, 0.15) is 17.1 Å². The maximum atomic E-state index is 10.3. The van der Waals surface area contributed by atoms with Crippen LogP contribution in [0.1, 0.15) is 43.6 Å². The fourth-order valence-electron chi connectivity index (χ4n) is 2.07. The van der Waals surface area contributed by atoms with Crippen molar-refractivity contribution in [1.29, 1.82) is 0 Å². The Morgan fingerprint density at radius 3 is 2.46 bits per heavy atom.